The first-order valence-corrected chi connectivity index (χ1v) is 6.96. The van der Waals surface area contributed by atoms with Crippen LogP contribution < -0.4 is 10.8 Å². The number of benzene rings is 1. The van der Waals surface area contributed by atoms with Gasteiger partial charge in [0.15, 0.2) is 0 Å². The second-order valence-corrected chi connectivity index (χ2v) is 5.72. The molecule has 0 bridgehead atoms. The summed E-state index contributed by atoms with van der Waals surface area (Å²) in [5.74, 6) is -1.49. The fourth-order valence-electron chi connectivity index (χ4n) is 1.74. The number of imidazole rings is 1. The Morgan fingerprint density at radius 1 is 1.42 bits per heavy atom. The van der Waals surface area contributed by atoms with Gasteiger partial charge in [-0.2, -0.15) is 0 Å². The number of nitrogens with one attached hydrogen (secondary N) is 1. The first-order chi connectivity index (χ1) is 8.78. The van der Waals surface area contributed by atoms with Gasteiger partial charge in [-0.05, 0) is 18.2 Å². The summed E-state index contributed by atoms with van der Waals surface area (Å²) >= 11 is 0. The lowest BCUT2D eigenvalue weighted by Gasteiger charge is -2.02. The molecule has 0 radical (unpaired) electrons. The van der Waals surface area contributed by atoms with Crippen molar-refractivity contribution in [1.82, 2.24) is 9.55 Å². The largest absolute Gasteiger partial charge is 0.478 e. The number of aromatic carboxylic acids is 1. The minimum Gasteiger partial charge on any atom is -0.478 e. The topological polar surface area (TPSA) is 135 Å². The quantitative estimate of drug-likeness (QED) is 0.683. The Kier molecular flexibility index (Phi) is 3.16. The molecule has 8 nitrogen and oxygen atoms in total. The predicted octanol–water partition coefficient (Wildman–Crippen LogP) is -0.684. The number of carboxylic acids is 1. The van der Waals surface area contributed by atoms with E-state index in [4.69, 9.17) is 10.2 Å². The van der Waals surface area contributed by atoms with Gasteiger partial charge in [-0.15, -0.1) is 0 Å². The lowest BCUT2D eigenvalue weighted by Crippen LogP contribution is -2.25. The highest BCUT2D eigenvalue weighted by Gasteiger charge is 2.12. The fourth-order valence-corrected chi connectivity index (χ4v) is 2.17. The molecule has 19 heavy (non-hydrogen) atoms. The summed E-state index contributed by atoms with van der Waals surface area (Å²) in [5, 5.41) is 13.7. The van der Waals surface area contributed by atoms with Crippen molar-refractivity contribution in [3.8, 4) is 0 Å². The maximum absolute atomic E-state index is 11.7. The monoisotopic (exact) mass is 285 g/mol. The average molecular weight is 285 g/mol. The van der Waals surface area contributed by atoms with E-state index in [0.717, 1.165) is 0 Å². The molecular weight excluding hydrogens is 274 g/mol. The molecule has 2 rings (SSSR count). The van der Waals surface area contributed by atoms with Crippen molar-refractivity contribution in [3.05, 3.63) is 34.2 Å². The number of sulfonamides is 1. The van der Waals surface area contributed by atoms with Gasteiger partial charge in [-0.1, -0.05) is 0 Å². The standard InChI is InChI=1S/C10H11N3O5S/c11-19(17,18)4-3-13-8-2-1-6(9(14)15)5-7(8)12-10(13)16/h1-2,5H,3-4H2,(H,12,16)(H,14,15)(H2,11,17,18). The van der Waals surface area contributed by atoms with Crippen molar-refractivity contribution < 1.29 is 18.3 Å². The van der Waals surface area contributed by atoms with Crippen molar-refractivity contribution in [2.45, 2.75) is 6.54 Å². The molecule has 0 saturated carbocycles. The van der Waals surface area contributed by atoms with Gasteiger partial charge in [0.25, 0.3) is 0 Å². The summed E-state index contributed by atoms with van der Waals surface area (Å²) in [7, 11) is -3.67. The van der Waals surface area contributed by atoms with Crippen molar-refractivity contribution in [2.75, 3.05) is 5.75 Å². The summed E-state index contributed by atoms with van der Waals surface area (Å²) in [6.07, 6.45) is 0. The number of carboxylic acid groups (broad SMARTS) is 1. The molecule has 0 spiro atoms. The van der Waals surface area contributed by atoms with Gasteiger partial charge in [0.2, 0.25) is 10.0 Å². The van der Waals surface area contributed by atoms with Crippen LogP contribution in [-0.2, 0) is 16.6 Å². The van der Waals surface area contributed by atoms with Gasteiger partial charge in [0.05, 0.1) is 22.3 Å². The highest BCUT2D eigenvalue weighted by atomic mass is 32.2. The van der Waals surface area contributed by atoms with Gasteiger partial charge < -0.3 is 10.1 Å². The Labute approximate surface area is 107 Å². The first-order valence-electron chi connectivity index (χ1n) is 5.24. The Morgan fingerprint density at radius 2 is 2.11 bits per heavy atom. The number of rotatable bonds is 4. The fraction of sp³-hybridized carbons (Fsp3) is 0.200. The van der Waals surface area contributed by atoms with Gasteiger partial charge >= 0.3 is 11.7 Å². The molecule has 1 aromatic carbocycles. The first kappa shape index (κ1) is 13.3. The number of primary sulfonamides is 1. The molecule has 0 aliphatic rings. The third-order valence-corrected chi connectivity index (χ3v) is 3.37. The number of nitrogens with zero attached hydrogens (tertiary/aromatic N) is 1. The summed E-state index contributed by atoms with van der Waals surface area (Å²) in [6, 6.07) is 4.09. The second-order valence-electron chi connectivity index (χ2n) is 3.99. The molecular formula is C10H11N3O5S. The Hall–Kier alpha value is -2.13. The zero-order chi connectivity index (χ0) is 14.2. The highest BCUT2D eigenvalue weighted by Crippen LogP contribution is 2.13. The molecule has 1 heterocycles. The van der Waals surface area contributed by atoms with E-state index in [1.54, 1.807) is 0 Å². The summed E-state index contributed by atoms with van der Waals surface area (Å²) < 4.78 is 23.0. The third-order valence-electron chi connectivity index (χ3n) is 2.62. The number of hydrogen-bond donors (Lipinski definition) is 3. The Balaban J connectivity index is 2.48. The van der Waals surface area contributed by atoms with Crippen LogP contribution in [0.25, 0.3) is 11.0 Å². The van der Waals surface area contributed by atoms with E-state index in [2.05, 4.69) is 4.98 Å². The van der Waals surface area contributed by atoms with Crippen molar-refractivity contribution >= 4 is 27.0 Å². The molecule has 0 aliphatic heterocycles. The number of aryl methyl sites for hydroxylation is 1. The van der Waals surface area contributed by atoms with Gasteiger partial charge in [-0.25, -0.2) is 23.1 Å². The third kappa shape index (κ3) is 2.83. The Morgan fingerprint density at radius 3 is 2.68 bits per heavy atom. The normalized spacial score (nSPS) is 11.8. The lowest BCUT2D eigenvalue weighted by molar-refractivity contribution is 0.0697. The molecule has 1 aromatic heterocycles. The van der Waals surface area contributed by atoms with E-state index in [1.807, 2.05) is 0 Å². The minimum absolute atomic E-state index is 0.0346. The number of aromatic amines is 1. The van der Waals surface area contributed by atoms with E-state index in [-0.39, 0.29) is 17.9 Å². The van der Waals surface area contributed by atoms with E-state index in [1.165, 1.54) is 22.8 Å². The van der Waals surface area contributed by atoms with Crippen LogP contribution in [0.2, 0.25) is 0 Å². The number of aromatic nitrogens is 2. The zero-order valence-electron chi connectivity index (χ0n) is 9.66. The maximum atomic E-state index is 11.7. The van der Waals surface area contributed by atoms with Crippen molar-refractivity contribution in [2.24, 2.45) is 5.14 Å². The van der Waals surface area contributed by atoms with Gasteiger partial charge in [0, 0.05) is 6.54 Å². The van der Waals surface area contributed by atoms with Gasteiger partial charge in [0.1, 0.15) is 0 Å². The molecule has 0 aliphatic carbocycles. The number of H-pyrrole nitrogens is 1. The van der Waals surface area contributed by atoms with Crippen LogP contribution in [-0.4, -0.2) is 34.8 Å². The predicted molar refractivity (Wildman–Crippen MR) is 67.5 cm³/mol. The van der Waals surface area contributed by atoms with Crippen LogP contribution in [0.15, 0.2) is 23.0 Å². The van der Waals surface area contributed by atoms with Crippen LogP contribution in [0, 0.1) is 0 Å². The van der Waals surface area contributed by atoms with Crippen LogP contribution in [0.1, 0.15) is 10.4 Å². The van der Waals surface area contributed by atoms with E-state index in [9.17, 15) is 18.0 Å². The molecule has 4 N–H and O–H groups in total. The number of hydrogen-bond acceptors (Lipinski definition) is 4. The highest BCUT2D eigenvalue weighted by molar-refractivity contribution is 7.89. The maximum Gasteiger partial charge on any atom is 0.335 e. The summed E-state index contributed by atoms with van der Waals surface area (Å²) in [4.78, 5) is 24.9. The number of carbonyl (C=O) groups is 1. The van der Waals surface area contributed by atoms with Crippen molar-refractivity contribution in [1.29, 1.82) is 0 Å². The molecule has 9 heteroatoms. The van der Waals surface area contributed by atoms with Crippen molar-refractivity contribution in [3.63, 3.8) is 0 Å². The molecule has 0 unspecified atom stereocenters. The molecule has 0 atom stereocenters. The number of fused-ring (bicyclic) bond motifs is 1. The van der Waals surface area contributed by atoms with Crippen LogP contribution in [0.5, 0.6) is 0 Å². The molecule has 102 valence electrons. The molecule has 0 amide bonds. The molecule has 0 fully saturated rings. The van der Waals surface area contributed by atoms with Crippen LogP contribution in [0.4, 0.5) is 0 Å². The Bertz CT molecular complexity index is 802. The SMILES string of the molecule is NS(=O)(=O)CCn1c(=O)[nH]c2cc(C(=O)O)ccc21. The van der Waals surface area contributed by atoms with E-state index in [0.29, 0.717) is 11.0 Å². The van der Waals surface area contributed by atoms with E-state index >= 15 is 0 Å². The lowest BCUT2D eigenvalue weighted by atomic mass is 10.2. The number of nitrogens with two attached hydrogens (primary N) is 1. The summed E-state index contributed by atoms with van der Waals surface area (Å²) in [6.45, 7) is -0.0932. The summed E-state index contributed by atoms with van der Waals surface area (Å²) in [5.41, 5.74) is 0.284. The zero-order valence-corrected chi connectivity index (χ0v) is 10.5. The second kappa shape index (κ2) is 4.52. The average Bonchev–Trinajstić information content (AvgIpc) is 2.59. The smallest absolute Gasteiger partial charge is 0.335 e. The van der Waals surface area contributed by atoms with Gasteiger partial charge in [-0.3, -0.25) is 4.57 Å². The van der Waals surface area contributed by atoms with Crippen LogP contribution >= 0.6 is 0 Å². The molecule has 0 saturated heterocycles. The minimum atomic E-state index is -3.67. The van der Waals surface area contributed by atoms with Crippen LogP contribution in [0.3, 0.4) is 0 Å². The molecule has 2 aromatic rings. The van der Waals surface area contributed by atoms with E-state index < -0.39 is 21.7 Å².